The zero-order chi connectivity index (χ0) is 21.8. The number of nitro benzene ring substituents is 1. The summed E-state index contributed by atoms with van der Waals surface area (Å²) in [7, 11) is -3.72. The molecule has 0 amide bonds. The summed E-state index contributed by atoms with van der Waals surface area (Å²) < 4.78 is 29.1. The van der Waals surface area contributed by atoms with Crippen LogP contribution in [0.25, 0.3) is 11.0 Å². The number of hydrogen-bond acceptors (Lipinski definition) is 6. The van der Waals surface area contributed by atoms with E-state index in [0.717, 1.165) is 42.8 Å². The summed E-state index contributed by atoms with van der Waals surface area (Å²) >= 11 is 0. The zero-order valence-corrected chi connectivity index (χ0v) is 17.9. The predicted molar refractivity (Wildman–Crippen MR) is 119 cm³/mol. The molecule has 0 aliphatic carbocycles. The van der Waals surface area contributed by atoms with Crippen molar-refractivity contribution in [2.75, 3.05) is 25.0 Å². The molecule has 0 bridgehead atoms. The van der Waals surface area contributed by atoms with Crippen molar-refractivity contribution in [3.8, 4) is 0 Å². The highest BCUT2D eigenvalue weighted by molar-refractivity contribution is 7.89. The molecule has 2 aromatic carbocycles. The number of imidazole rings is 1. The lowest BCUT2D eigenvalue weighted by molar-refractivity contribution is -0.384. The summed E-state index contributed by atoms with van der Waals surface area (Å²) in [6.45, 7) is 2.13. The first-order valence-corrected chi connectivity index (χ1v) is 11.8. The van der Waals surface area contributed by atoms with Crippen LogP contribution in [0.3, 0.4) is 0 Å². The molecule has 164 valence electrons. The van der Waals surface area contributed by atoms with Crippen molar-refractivity contribution in [2.24, 2.45) is 0 Å². The number of para-hydroxylation sites is 2. The van der Waals surface area contributed by atoms with E-state index in [-0.39, 0.29) is 10.6 Å². The van der Waals surface area contributed by atoms with Crippen LogP contribution in [-0.2, 0) is 16.6 Å². The van der Waals surface area contributed by atoms with Crippen LogP contribution in [0.5, 0.6) is 0 Å². The maximum absolute atomic E-state index is 12.8. The Bertz CT molecular complexity index is 1190. The Hall–Kier alpha value is -2.98. The third-order valence-electron chi connectivity index (χ3n) is 5.54. The normalized spacial score (nSPS) is 15.2. The number of piperidine rings is 1. The molecule has 1 aliphatic rings. The van der Waals surface area contributed by atoms with Crippen molar-refractivity contribution in [2.45, 2.75) is 37.1 Å². The summed E-state index contributed by atoms with van der Waals surface area (Å²) in [5, 5.41) is 14.7. The number of nitrogens with one attached hydrogen (secondary N) is 1. The van der Waals surface area contributed by atoms with Crippen molar-refractivity contribution < 1.29 is 13.3 Å². The van der Waals surface area contributed by atoms with Crippen molar-refractivity contribution in [1.82, 2.24) is 13.9 Å². The summed E-state index contributed by atoms with van der Waals surface area (Å²) in [4.78, 5) is 15.4. The maximum atomic E-state index is 12.8. The number of nitro groups is 1. The molecular formula is C21H25N5O4S. The number of rotatable bonds is 8. The van der Waals surface area contributed by atoms with Gasteiger partial charge in [0.05, 0.1) is 27.2 Å². The van der Waals surface area contributed by atoms with Crippen molar-refractivity contribution in [1.29, 1.82) is 0 Å². The van der Waals surface area contributed by atoms with Crippen LogP contribution < -0.4 is 5.32 Å². The summed E-state index contributed by atoms with van der Waals surface area (Å²) in [6, 6.07) is 12.0. The van der Waals surface area contributed by atoms with Crippen LogP contribution in [0.15, 0.2) is 53.7 Å². The quantitative estimate of drug-likeness (QED) is 0.323. The summed E-state index contributed by atoms with van der Waals surface area (Å²) in [6.07, 6.45) is 5.14. The van der Waals surface area contributed by atoms with Gasteiger partial charge < -0.3 is 9.88 Å². The fourth-order valence-corrected chi connectivity index (χ4v) is 5.43. The lowest BCUT2D eigenvalue weighted by atomic mass is 10.2. The molecule has 1 fully saturated rings. The lowest BCUT2D eigenvalue weighted by Gasteiger charge is -2.25. The van der Waals surface area contributed by atoms with E-state index in [0.29, 0.717) is 31.9 Å². The molecule has 0 atom stereocenters. The molecule has 31 heavy (non-hydrogen) atoms. The van der Waals surface area contributed by atoms with E-state index in [2.05, 4.69) is 10.3 Å². The Morgan fingerprint density at radius 1 is 1.10 bits per heavy atom. The third kappa shape index (κ3) is 4.54. The van der Waals surface area contributed by atoms with Gasteiger partial charge in [-0.2, -0.15) is 4.31 Å². The molecule has 3 aromatic rings. The molecule has 1 N–H and O–H groups in total. The molecule has 0 unspecified atom stereocenters. The minimum atomic E-state index is -3.72. The van der Waals surface area contributed by atoms with Crippen molar-refractivity contribution >= 4 is 32.4 Å². The van der Waals surface area contributed by atoms with Gasteiger partial charge in [0.15, 0.2) is 0 Å². The number of fused-ring (bicyclic) bond motifs is 1. The molecular weight excluding hydrogens is 418 g/mol. The highest BCUT2D eigenvalue weighted by Gasteiger charge is 2.28. The van der Waals surface area contributed by atoms with E-state index in [4.69, 9.17) is 0 Å². The van der Waals surface area contributed by atoms with Gasteiger partial charge in [0.25, 0.3) is 5.69 Å². The lowest BCUT2D eigenvalue weighted by Crippen LogP contribution is -2.35. The number of aromatic nitrogens is 2. The van der Waals surface area contributed by atoms with Gasteiger partial charge in [-0.05, 0) is 43.5 Å². The van der Waals surface area contributed by atoms with Gasteiger partial charge in [0.2, 0.25) is 10.0 Å². The largest absolute Gasteiger partial charge is 0.379 e. The van der Waals surface area contributed by atoms with Crippen LogP contribution in [0.2, 0.25) is 0 Å². The zero-order valence-electron chi connectivity index (χ0n) is 17.1. The summed E-state index contributed by atoms with van der Waals surface area (Å²) in [5.74, 6) is 0. The van der Waals surface area contributed by atoms with Gasteiger partial charge in [0, 0.05) is 32.2 Å². The van der Waals surface area contributed by atoms with Gasteiger partial charge >= 0.3 is 0 Å². The number of anilines is 1. The standard InChI is InChI=1S/C21H25N5O4S/c27-26(28)21-15-17(31(29,30)25-13-4-1-5-14-25)9-10-19(21)22-11-6-12-24-16-23-18-7-2-3-8-20(18)24/h2-3,7-10,15-16,22H,1,4-6,11-14H2. The first-order chi connectivity index (χ1) is 15.0. The molecule has 1 aromatic heterocycles. The van der Waals surface area contributed by atoms with E-state index in [1.807, 2.05) is 28.8 Å². The number of hydrogen-bond donors (Lipinski definition) is 1. The second-order valence-electron chi connectivity index (χ2n) is 7.61. The molecule has 1 saturated heterocycles. The van der Waals surface area contributed by atoms with Crippen LogP contribution in [-0.4, -0.2) is 46.8 Å². The molecule has 2 heterocycles. The molecule has 9 nitrogen and oxygen atoms in total. The van der Waals surface area contributed by atoms with E-state index in [9.17, 15) is 18.5 Å². The second kappa shape index (κ2) is 9.03. The topological polar surface area (TPSA) is 110 Å². The average molecular weight is 444 g/mol. The highest BCUT2D eigenvalue weighted by Crippen LogP contribution is 2.30. The van der Waals surface area contributed by atoms with Crippen molar-refractivity contribution in [3.63, 3.8) is 0 Å². The van der Waals surface area contributed by atoms with Crippen LogP contribution in [0, 0.1) is 10.1 Å². The monoisotopic (exact) mass is 443 g/mol. The van der Waals surface area contributed by atoms with E-state index in [1.54, 1.807) is 6.33 Å². The fraction of sp³-hybridized carbons (Fsp3) is 0.381. The minimum Gasteiger partial charge on any atom is -0.379 e. The minimum absolute atomic E-state index is 0.0310. The third-order valence-corrected chi connectivity index (χ3v) is 7.43. The molecule has 0 spiro atoms. The molecule has 1 aliphatic heterocycles. The van der Waals surface area contributed by atoms with Crippen LogP contribution in [0.1, 0.15) is 25.7 Å². The number of aryl methyl sites for hydroxylation is 1. The Morgan fingerprint density at radius 2 is 1.87 bits per heavy atom. The van der Waals surface area contributed by atoms with Crippen LogP contribution >= 0.6 is 0 Å². The molecule has 0 radical (unpaired) electrons. The first-order valence-electron chi connectivity index (χ1n) is 10.4. The van der Waals surface area contributed by atoms with E-state index in [1.165, 1.54) is 16.4 Å². The fourth-order valence-electron chi connectivity index (χ4n) is 3.89. The van der Waals surface area contributed by atoms with Crippen molar-refractivity contribution in [3.05, 3.63) is 58.9 Å². The number of benzene rings is 2. The summed E-state index contributed by atoms with van der Waals surface area (Å²) in [5.41, 5.74) is 2.06. The van der Waals surface area contributed by atoms with Gasteiger partial charge in [-0.3, -0.25) is 10.1 Å². The van der Waals surface area contributed by atoms with Gasteiger partial charge in [-0.1, -0.05) is 18.6 Å². The van der Waals surface area contributed by atoms with Gasteiger partial charge in [-0.25, -0.2) is 13.4 Å². The first kappa shape index (κ1) is 21.3. The SMILES string of the molecule is O=[N+]([O-])c1cc(S(=O)(=O)N2CCCCC2)ccc1NCCCn1cnc2ccccc21. The Labute approximate surface area is 180 Å². The van der Waals surface area contributed by atoms with E-state index >= 15 is 0 Å². The Balaban J connectivity index is 1.44. The molecule has 0 saturated carbocycles. The predicted octanol–water partition coefficient (Wildman–Crippen LogP) is 3.62. The number of nitrogens with zero attached hydrogens (tertiary/aromatic N) is 4. The van der Waals surface area contributed by atoms with Gasteiger partial charge in [0.1, 0.15) is 5.69 Å². The van der Waals surface area contributed by atoms with E-state index < -0.39 is 14.9 Å². The van der Waals surface area contributed by atoms with Crippen LogP contribution in [0.4, 0.5) is 11.4 Å². The Kier molecular flexibility index (Phi) is 6.19. The Morgan fingerprint density at radius 3 is 2.65 bits per heavy atom. The second-order valence-corrected chi connectivity index (χ2v) is 9.55. The average Bonchev–Trinajstić information content (AvgIpc) is 3.20. The molecule has 10 heteroatoms. The number of sulfonamides is 1. The van der Waals surface area contributed by atoms with Gasteiger partial charge in [-0.15, -0.1) is 0 Å². The smallest absolute Gasteiger partial charge is 0.293 e. The molecule has 4 rings (SSSR count). The maximum Gasteiger partial charge on any atom is 0.293 e. The highest BCUT2D eigenvalue weighted by atomic mass is 32.2.